The smallest absolute Gasteiger partial charge is 0.308 e. The fourth-order valence-corrected chi connectivity index (χ4v) is 2.97. The summed E-state index contributed by atoms with van der Waals surface area (Å²) in [4.78, 5) is 3.97. The van der Waals surface area contributed by atoms with Gasteiger partial charge in [-0.05, 0) is 23.6 Å². The van der Waals surface area contributed by atoms with Crippen LogP contribution in [0.25, 0.3) is 0 Å². The van der Waals surface area contributed by atoms with Crippen LogP contribution in [0.15, 0.2) is 38.9 Å². The highest BCUT2D eigenvalue weighted by Gasteiger charge is 2.31. The van der Waals surface area contributed by atoms with Crippen molar-refractivity contribution in [2.45, 2.75) is 15.4 Å². The third-order valence-corrected chi connectivity index (χ3v) is 3.93. The molecule has 0 spiro atoms. The number of hydrogen-bond donors (Lipinski definition) is 2. The fourth-order valence-electron chi connectivity index (χ4n) is 1.22. The van der Waals surface area contributed by atoms with Crippen LogP contribution in [0.4, 0.5) is 19.0 Å². The zero-order chi connectivity index (χ0) is 13.2. The Morgan fingerprint density at radius 1 is 1.33 bits per heavy atom. The van der Waals surface area contributed by atoms with Gasteiger partial charge in [-0.2, -0.15) is 13.2 Å². The minimum Gasteiger partial charge on any atom is -0.308 e. The van der Waals surface area contributed by atoms with E-state index in [9.17, 15) is 13.2 Å². The van der Waals surface area contributed by atoms with Gasteiger partial charge in [-0.3, -0.25) is 0 Å². The Morgan fingerprint density at radius 2 is 2.11 bits per heavy atom. The summed E-state index contributed by atoms with van der Waals surface area (Å²) in [5.41, 5.74) is 1.36. The number of anilines is 1. The number of nitrogens with two attached hydrogens (primary N) is 1. The summed E-state index contributed by atoms with van der Waals surface area (Å²) < 4.78 is 38.8. The number of rotatable bonds is 3. The molecule has 3 N–H and O–H groups in total. The summed E-state index contributed by atoms with van der Waals surface area (Å²) in [6.45, 7) is 0. The van der Waals surface area contributed by atoms with E-state index in [1.54, 1.807) is 0 Å². The van der Waals surface area contributed by atoms with Gasteiger partial charge >= 0.3 is 6.18 Å². The van der Waals surface area contributed by atoms with Crippen molar-refractivity contribution in [2.24, 2.45) is 5.84 Å². The van der Waals surface area contributed by atoms with Crippen molar-refractivity contribution in [3.05, 3.63) is 35.2 Å². The zero-order valence-electron chi connectivity index (χ0n) is 8.86. The summed E-state index contributed by atoms with van der Waals surface area (Å²) in [6, 6.07) is 5.51. The van der Waals surface area contributed by atoms with Gasteiger partial charge in [0.25, 0.3) is 0 Å². The van der Waals surface area contributed by atoms with Crippen molar-refractivity contribution < 1.29 is 13.2 Å². The normalized spacial score (nSPS) is 11.6. The average Bonchev–Trinajstić information content (AvgIpc) is 2.80. The van der Waals surface area contributed by atoms with E-state index in [1.165, 1.54) is 23.1 Å². The molecular weight excluding hydrogens is 283 g/mol. The molecule has 96 valence electrons. The number of hydrazine groups is 1. The largest absolute Gasteiger partial charge is 0.416 e. The lowest BCUT2D eigenvalue weighted by molar-refractivity contribution is -0.137. The summed E-state index contributed by atoms with van der Waals surface area (Å²) in [5.74, 6) is 5.11. The molecule has 8 heteroatoms. The van der Waals surface area contributed by atoms with Gasteiger partial charge in [0.15, 0.2) is 0 Å². The first-order valence-corrected chi connectivity index (χ1v) is 6.46. The average molecular weight is 291 g/mol. The number of halogens is 3. The van der Waals surface area contributed by atoms with Crippen LogP contribution < -0.4 is 11.3 Å². The number of alkyl halides is 3. The highest BCUT2D eigenvalue weighted by Crippen LogP contribution is 2.36. The maximum atomic E-state index is 12.7. The number of nitrogens with one attached hydrogen (secondary N) is 1. The van der Waals surface area contributed by atoms with Crippen LogP contribution in [0.5, 0.6) is 0 Å². The van der Waals surface area contributed by atoms with Crippen LogP contribution in [0.3, 0.4) is 0 Å². The van der Waals surface area contributed by atoms with Crippen molar-refractivity contribution in [1.29, 1.82) is 0 Å². The predicted molar refractivity (Wildman–Crippen MR) is 65.5 cm³/mol. The number of pyridine rings is 1. The van der Waals surface area contributed by atoms with Crippen molar-refractivity contribution in [1.82, 2.24) is 4.98 Å². The lowest BCUT2D eigenvalue weighted by Gasteiger charge is -2.10. The SMILES string of the molecule is NNc1cc(C(F)(F)F)cc(Sc2cccs2)n1. The van der Waals surface area contributed by atoms with Crippen molar-refractivity contribution in [2.75, 3.05) is 5.43 Å². The maximum Gasteiger partial charge on any atom is 0.416 e. The molecule has 2 heterocycles. The molecule has 0 aliphatic heterocycles. The molecule has 0 amide bonds. The Morgan fingerprint density at radius 3 is 2.67 bits per heavy atom. The van der Waals surface area contributed by atoms with Crippen LogP contribution in [0.2, 0.25) is 0 Å². The lowest BCUT2D eigenvalue weighted by Crippen LogP contribution is -2.12. The van der Waals surface area contributed by atoms with E-state index in [0.29, 0.717) is 0 Å². The van der Waals surface area contributed by atoms with Crippen LogP contribution in [-0.4, -0.2) is 4.98 Å². The Kier molecular flexibility index (Phi) is 3.79. The van der Waals surface area contributed by atoms with Gasteiger partial charge in [-0.1, -0.05) is 17.8 Å². The van der Waals surface area contributed by atoms with E-state index in [1.807, 2.05) is 17.5 Å². The molecular formula is C10H8F3N3S2. The van der Waals surface area contributed by atoms with E-state index >= 15 is 0 Å². The number of nitrogens with zero attached hydrogens (tertiary/aromatic N) is 1. The van der Waals surface area contributed by atoms with Gasteiger partial charge in [0, 0.05) is 0 Å². The van der Waals surface area contributed by atoms with Crippen LogP contribution >= 0.6 is 23.1 Å². The summed E-state index contributed by atoms with van der Waals surface area (Å²) >= 11 is 2.60. The number of aromatic nitrogens is 1. The second-order valence-corrected chi connectivity index (χ2v) is 5.52. The van der Waals surface area contributed by atoms with Gasteiger partial charge in [0.2, 0.25) is 0 Å². The van der Waals surface area contributed by atoms with Crippen molar-refractivity contribution in [3.63, 3.8) is 0 Å². The van der Waals surface area contributed by atoms with Crippen LogP contribution in [0.1, 0.15) is 5.56 Å². The second kappa shape index (κ2) is 5.17. The van der Waals surface area contributed by atoms with E-state index in [2.05, 4.69) is 10.4 Å². The van der Waals surface area contributed by atoms with Gasteiger partial charge < -0.3 is 5.43 Å². The standard InChI is InChI=1S/C10H8F3N3S2/c11-10(12,13)6-4-7(16-14)15-8(5-6)18-9-2-1-3-17-9/h1-5H,14H2,(H,15,16). The minimum absolute atomic E-state index is 0.0103. The highest BCUT2D eigenvalue weighted by atomic mass is 32.2. The highest BCUT2D eigenvalue weighted by molar-refractivity contribution is 8.01. The predicted octanol–water partition coefficient (Wildman–Crippen LogP) is 3.60. The molecule has 0 bridgehead atoms. The first-order valence-electron chi connectivity index (χ1n) is 4.76. The first kappa shape index (κ1) is 13.2. The van der Waals surface area contributed by atoms with Gasteiger partial charge in [-0.25, -0.2) is 10.8 Å². The molecule has 0 aliphatic rings. The molecule has 0 atom stereocenters. The van der Waals surface area contributed by atoms with E-state index in [0.717, 1.165) is 16.3 Å². The quantitative estimate of drug-likeness (QED) is 0.670. The number of hydrogen-bond acceptors (Lipinski definition) is 5. The molecule has 0 saturated carbocycles. The molecule has 18 heavy (non-hydrogen) atoms. The Bertz CT molecular complexity index is 526. The number of thiophene rings is 1. The first-order chi connectivity index (χ1) is 8.49. The van der Waals surface area contributed by atoms with E-state index in [4.69, 9.17) is 5.84 Å². The molecule has 0 radical (unpaired) electrons. The maximum absolute atomic E-state index is 12.7. The zero-order valence-corrected chi connectivity index (χ0v) is 10.5. The summed E-state index contributed by atoms with van der Waals surface area (Å²) in [7, 11) is 0. The molecule has 0 aromatic carbocycles. The van der Waals surface area contributed by atoms with E-state index < -0.39 is 11.7 Å². The Labute approximate surface area is 109 Å². The van der Waals surface area contributed by atoms with Gasteiger partial charge in [-0.15, -0.1) is 11.3 Å². The van der Waals surface area contributed by atoms with Gasteiger partial charge in [0.05, 0.1) is 9.77 Å². The third-order valence-electron chi connectivity index (χ3n) is 1.98. The molecule has 2 aromatic rings. The Hall–Kier alpha value is -1.25. The summed E-state index contributed by atoms with van der Waals surface area (Å²) in [6.07, 6.45) is -4.42. The molecule has 3 nitrogen and oxygen atoms in total. The van der Waals surface area contributed by atoms with Gasteiger partial charge in [0.1, 0.15) is 10.8 Å². The monoisotopic (exact) mass is 291 g/mol. The minimum atomic E-state index is -4.42. The second-order valence-electron chi connectivity index (χ2n) is 3.26. The molecule has 0 unspecified atom stereocenters. The topological polar surface area (TPSA) is 50.9 Å². The van der Waals surface area contributed by atoms with E-state index in [-0.39, 0.29) is 10.8 Å². The fraction of sp³-hybridized carbons (Fsp3) is 0.100. The molecule has 2 rings (SSSR count). The summed E-state index contributed by atoms with van der Waals surface area (Å²) in [5, 5.41) is 2.10. The van der Waals surface area contributed by atoms with Crippen molar-refractivity contribution in [3.8, 4) is 0 Å². The molecule has 0 fully saturated rings. The molecule has 0 aliphatic carbocycles. The van der Waals surface area contributed by atoms with Crippen molar-refractivity contribution >= 4 is 28.9 Å². The number of nitrogen functional groups attached to an aromatic ring is 1. The Balaban J connectivity index is 2.35. The third kappa shape index (κ3) is 3.15. The lowest BCUT2D eigenvalue weighted by atomic mass is 10.2. The molecule has 0 saturated heterocycles. The van der Waals surface area contributed by atoms with Crippen LogP contribution in [-0.2, 0) is 6.18 Å². The van der Waals surface area contributed by atoms with Crippen LogP contribution in [0, 0.1) is 0 Å². The molecule has 2 aromatic heterocycles.